The van der Waals surface area contributed by atoms with Crippen molar-refractivity contribution in [2.45, 2.75) is 43.9 Å². The molecule has 0 radical (unpaired) electrons. The standard InChI is InChI=1S/C25H25NO5S/c1-14-2-5-17(25-24(30)23(29)22(28)20(13-27)31-25)10-18(14)11-19-8-9-21(32-19)16-6-3-15(12-26)4-7-16/h2-10,20,22-25,27-30H,11,13H2,1H3/t20-,22-,23+,24-,25?/m1/s1. The highest BCUT2D eigenvalue weighted by atomic mass is 32.1. The Kier molecular flexibility index (Phi) is 6.72. The summed E-state index contributed by atoms with van der Waals surface area (Å²) < 4.78 is 5.71. The fourth-order valence-electron chi connectivity index (χ4n) is 3.96. The largest absolute Gasteiger partial charge is 0.394 e. The van der Waals surface area contributed by atoms with Gasteiger partial charge in [-0.25, -0.2) is 0 Å². The molecule has 4 N–H and O–H groups in total. The van der Waals surface area contributed by atoms with Crippen molar-refractivity contribution in [2.75, 3.05) is 6.61 Å². The minimum Gasteiger partial charge on any atom is -0.394 e. The second-order valence-electron chi connectivity index (χ2n) is 8.07. The quantitative estimate of drug-likeness (QED) is 0.474. The summed E-state index contributed by atoms with van der Waals surface area (Å²) in [7, 11) is 0. The molecule has 2 aromatic carbocycles. The molecule has 0 amide bonds. The number of nitriles is 1. The van der Waals surface area contributed by atoms with Crippen LogP contribution < -0.4 is 0 Å². The van der Waals surface area contributed by atoms with E-state index in [0.717, 1.165) is 21.6 Å². The smallest absolute Gasteiger partial charge is 0.113 e. The lowest BCUT2D eigenvalue weighted by Gasteiger charge is -2.40. The molecule has 1 fully saturated rings. The van der Waals surface area contributed by atoms with Crippen molar-refractivity contribution in [2.24, 2.45) is 0 Å². The summed E-state index contributed by atoms with van der Waals surface area (Å²) in [6, 6.07) is 19.5. The minimum atomic E-state index is -1.40. The molecule has 2 heterocycles. The Morgan fingerprint density at radius 2 is 1.72 bits per heavy atom. The number of thiophene rings is 1. The maximum atomic E-state index is 10.5. The Morgan fingerprint density at radius 1 is 0.969 bits per heavy atom. The van der Waals surface area contributed by atoms with E-state index in [0.29, 0.717) is 17.5 Å². The second kappa shape index (κ2) is 9.51. The van der Waals surface area contributed by atoms with Crippen LogP contribution in [0.3, 0.4) is 0 Å². The number of nitrogens with zero attached hydrogens (tertiary/aromatic N) is 1. The maximum Gasteiger partial charge on any atom is 0.113 e. The molecular weight excluding hydrogens is 426 g/mol. The van der Waals surface area contributed by atoms with Crippen molar-refractivity contribution < 1.29 is 25.2 Å². The number of aliphatic hydroxyl groups excluding tert-OH is 4. The van der Waals surface area contributed by atoms with Crippen LogP contribution >= 0.6 is 11.3 Å². The molecule has 0 bridgehead atoms. The number of hydrogen-bond donors (Lipinski definition) is 4. The van der Waals surface area contributed by atoms with Gasteiger partial charge in [0, 0.05) is 16.2 Å². The van der Waals surface area contributed by atoms with E-state index < -0.39 is 37.1 Å². The number of rotatable bonds is 5. The molecule has 1 aliphatic heterocycles. The molecule has 1 unspecified atom stereocenters. The normalized spacial score (nSPS) is 25.4. The van der Waals surface area contributed by atoms with Gasteiger partial charge in [-0.2, -0.15) is 5.26 Å². The first-order valence-corrected chi connectivity index (χ1v) is 11.2. The van der Waals surface area contributed by atoms with E-state index >= 15 is 0 Å². The van der Waals surface area contributed by atoms with E-state index in [1.165, 1.54) is 4.88 Å². The fourth-order valence-corrected chi connectivity index (χ4v) is 5.00. The molecule has 4 rings (SSSR count). The Labute approximate surface area is 190 Å². The summed E-state index contributed by atoms with van der Waals surface area (Å²) in [5, 5.41) is 49.0. The molecular formula is C25H25NO5S. The molecule has 0 spiro atoms. The van der Waals surface area contributed by atoms with Crippen molar-refractivity contribution in [3.63, 3.8) is 0 Å². The highest BCUT2D eigenvalue weighted by Gasteiger charge is 2.43. The Morgan fingerprint density at radius 3 is 2.41 bits per heavy atom. The summed E-state index contributed by atoms with van der Waals surface area (Å²) in [5.41, 5.74) is 4.53. The van der Waals surface area contributed by atoms with Crippen LogP contribution in [-0.4, -0.2) is 51.4 Å². The van der Waals surface area contributed by atoms with Crippen LogP contribution in [0.5, 0.6) is 0 Å². The van der Waals surface area contributed by atoms with Gasteiger partial charge in [0.1, 0.15) is 30.5 Å². The summed E-state index contributed by atoms with van der Waals surface area (Å²) in [4.78, 5) is 2.28. The zero-order valence-electron chi connectivity index (χ0n) is 17.5. The van der Waals surface area contributed by atoms with Gasteiger partial charge in [0.25, 0.3) is 0 Å². The molecule has 7 heteroatoms. The lowest BCUT2D eigenvalue weighted by Crippen LogP contribution is -2.55. The predicted molar refractivity (Wildman–Crippen MR) is 121 cm³/mol. The minimum absolute atomic E-state index is 0.451. The first-order chi connectivity index (χ1) is 15.4. The van der Waals surface area contributed by atoms with E-state index in [1.807, 2.05) is 49.4 Å². The van der Waals surface area contributed by atoms with Crippen LogP contribution in [0.25, 0.3) is 10.4 Å². The number of ether oxygens (including phenoxy) is 1. The van der Waals surface area contributed by atoms with E-state index in [9.17, 15) is 20.4 Å². The molecule has 0 aliphatic carbocycles. The fraction of sp³-hybridized carbons (Fsp3) is 0.320. The number of benzene rings is 2. The van der Waals surface area contributed by atoms with Crippen molar-refractivity contribution in [3.05, 3.63) is 81.7 Å². The first-order valence-electron chi connectivity index (χ1n) is 10.4. The highest BCUT2D eigenvalue weighted by molar-refractivity contribution is 7.15. The second-order valence-corrected chi connectivity index (χ2v) is 9.24. The van der Waals surface area contributed by atoms with Crippen LogP contribution in [0.1, 0.15) is 33.2 Å². The monoisotopic (exact) mass is 451 g/mol. The predicted octanol–water partition coefficient (Wildman–Crippen LogP) is 2.70. The van der Waals surface area contributed by atoms with Gasteiger partial charge in [-0.05, 0) is 53.4 Å². The van der Waals surface area contributed by atoms with E-state index in [1.54, 1.807) is 11.3 Å². The Hall–Kier alpha value is -2.57. The Bertz CT molecular complexity index is 1120. The van der Waals surface area contributed by atoms with Crippen LogP contribution in [0.2, 0.25) is 0 Å². The van der Waals surface area contributed by atoms with Gasteiger partial charge in [0.15, 0.2) is 0 Å². The molecule has 1 aromatic heterocycles. The van der Waals surface area contributed by atoms with Crippen LogP contribution in [-0.2, 0) is 11.2 Å². The van der Waals surface area contributed by atoms with E-state index in [2.05, 4.69) is 18.2 Å². The van der Waals surface area contributed by atoms with E-state index in [4.69, 9.17) is 10.00 Å². The molecule has 32 heavy (non-hydrogen) atoms. The average molecular weight is 452 g/mol. The zero-order chi connectivity index (χ0) is 22.8. The first kappa shape index (κ1) is 22.6. The molecule has 1 saturated heterocycles. The molecule has 166 valence electrons. The topological polar surface area (TPSA) is 114 Å². The lowest BCUT2D eigenvalue weighted by atomic mass is 9.89. The van der Waals surface area contributed by atoms with Crippen molar-refractivity contribution in [1.82, 2.24) is 0 Å². The number of aliphatic hydroxyl groups is 4. The summed E-state index contributed by atoms with van der Waals surface area (Å²) in [6.07, 6.45) is -5.16. The maximum absolute atomic E-state index is 10.5. The van der Waals surface area contributed by atoms with Gasteiger partial charge in [-0.1, -0.05) is 30.3 Å². The van der Waals surface area contributed by atoms with Crippen molar-refractivity contribution in [3.8, 4) is 16.5 Å². The van der Waals surface area contributed by atoms with Crippen molar-refractivity contribution >= 4 is 11.3 Å². The van der Waals surface area contributed by atoms with Gasteiger partial charge < -0.3 is 25.2 Å². The summed E-state index contributed by atoms with van der Waals surface area (Å²) in [6.45, 7) is 1.56. The molecule has 3 aromatic rings. The van der Waals surface area contributed by atoms with Gasteiger partial charge in [-0.15, -0.1) is 11.3 Å². The third-order valence-corrected chi connectivity index (χ3v) is 7.05. The number of aryl methyl sites for hydroxylation is 1. The van der Waals surface area contributed by atoms with Gasteiger partial charge in [0.2, 0.25) is 0 Å². The molecule has 6 nitrogen and oxygen atoms in total. The van der Waals surface area contributed by atoms with Gasteiger partial charge in [0.05, 0.1) is 18.2 Å². The SMILES string of the molecule is Cc1ccc(C2O[C@H](CO)[C@@H](O)[C@H](O)[C@H]2O)cc1Cc1ccc(-c2ccc(C#N)cc2)s1. The molecule has 1 aliphatic rings. The van der Waals surface area contributed by atoms with Gasteiger partial charge >= 0.3 is 0 Å². The highest BCUT2D eigenvalue weighted by Crippen LogP contribution is 2.35. The van der Waals surface area contributed by atoms with E-state index in [-0.39, 0.29) is 0 Å². The lowest BCUT2D eigenvalue weighted by molar-refractivity contribution is -0.231. The van der Waals surface area contributed by atoms with Crippen LogP contribution in [0.4, 0.5) is 0 Å². The zero-order valence-corrected chi connectivity index (χ0v) is 18.4. The van der Waals surface area contributed by atoms with Crippen LogP contribution in [0, 0.1) is 18.3 Å². The molecule has 5 atom stereocenters. The average Bonchev–Trinajstić information content (AvgIpc) is 3.28. The third kappa shape index (κ3) is 4.48. The van der Waals surface area contributed by atoms with Crippen LogP contribution in [0.15, 0.2) is 54.6 Å². The number of hydrogen-bond acceptors (Lipinski definition) is 7. The summed E-state index contributed by atoms with van der Waals surface area (Å²) >= 11 is 1.68. The Balaban J connectivity index is 1.56. The van der Waals surface area contributed by atoms with Crippen molar-refractivity contribution in [1.29, 1.82) is 5.26 Å². The van der Waals surface area contributed by atoms with Gasteiger partial charge in [-0.3, -0.25) is 0 Å². The molecule has 0 saturated carbocycles. The summed E-state index contributed by atoms with van der Waals surface area (Å²) in [5.74, 6) is 0. The third-order valence-electron chi connectivity index (χ3n) is 5.92.